The summed E-state index contributed by atoms with van der Waals surface area (Å²) in [4.78, 5) is 26.7. The monoisotopic (exact) mass is 281 g/mol. The number of carbonyl (C=O) groups is 2. The van der Waals surface area contributed by atoms with Crippen LogP contribution < -0.4 is 10.6 Å². The molecule has 1 aliphatic heterocycles. The third-order valence-electron chi connectivity index (χ3n) is 3.06. The molecule has 2 rings (SSSR count). The Morgan fingerprint density at radius 1 is 1.42 bits per heavy atom. The smallest absolute Gasteiger partial charge is 0.256 e. The summed E-state index contributed by atoms with van der Waals surface area (Å²) in [6.45, 7) is 6.59. The van der Waals surface area contributed by atoms with Gasteiger partial charge >= 0.3 is 0 Å². The van der Waals surface area contributed by atoms with Gasteiger partial charge in [0.05, 0.1) is 5.56 Å². The van der Waals surface area contributed by atoms with Crippen LogP contribution in [0.5, 0.6) is 0 Å². The molecule has 6 heteroatoms. The standard InChI is InChI=1S/C13H19N3O2S/c1-3-10-8-11(12(19-10)15-9(2)17)13(18)16-6-4-14-5-7-16/h8,14H,3-7H2,1-2H3,(H,15,17). The Labute approximate surface area is 117 Å². The van der Waals surface area contributed by atoms with Crippen LogP contribution in [0, 0.1) is 0 Å². The van der Waals surface area contributed by atoms with Gasteiger partial charge in [0.25, 0.3) is 5.91 Å². The van der Waals surface area contributed by atoms with Crippen molar-refractivity contribution < 1.29 is 9.59 Å². The fraction of sp³-hybridized carbons (Fsp3) is 0.538. The summed E-state index contributed by atoms with van der Waals surface area (Å²) in [6.07, 6.45) is 0.867. The fourth-order valence-corrected chi connectivity index (χ4v) is 3.10. The van der Waals surface area contributed by atoms with Crippen molar-refractivity contribution in [3.63, 3.8) is 0 Å². The van der Waals surface area contributed by atoms with Gasteiger partial charge in [0.1, 0.15) is 5.00 Å². The number of carbonyl (C=O) groups excluding carboxylic acids is 2. The van der Waals surface area contributed by atoms with Crippen LogP contribution in [0.4, 0.5) is 5.00 Å². The lowest BCUT2D eigenvalue weighted by Gasteiger charge is -2.27. The molecule has 1 saturated heterocycles. The lowest BCUT2D eigenvalue weighted by atomic mass is 10.2. The third kappa shape index (κ3) is 3.33. The highest BCUT2D eigenvalue weighted by atomic mass is 32.1. The van der Waals surface area contributed by atoms with E-state index in [1.807, 2.05) is 17.9 Å². The summed E-state index contributed by atoms with van der Waals surface area (Å²) in [7, 11) is 0. The molecular weight excluding hydrogens is 262 g/mol. The molecule has 0 bridgehead atoms. The molecule has 0 aromatic carbocycles. The highest BCUT2D eigenvalue weighted by Crippen LogP contribution is 2.29. The van der Waals surface area contributed by atoms with E-state index in [0.717, 1.165) is 37.5 Å². The molecule has 1 aliphatic rings. The van der Waals surface area contributed by atoms with Crippen molar-refractivity contribution in [2.75, 3.05) is 31.5 Å². The minimum Gasteiger partial charge on any atom is -0.336 e. The molecule has 1 fully saturated rings. The number of hydrogen-bond donors (Lipinski definition) is 2. The normalized spacial score (nSPS) is 15.4. The Kier molecular flexibility index (Phi) is 4.55. The number of anilines is 1. The van der Waals surface area contributed by atoms with Gasteiger partial charge in [-0.25, -0.2) is 0 Å². The van der Waals surface area contributed by atoms with E-state index < -0.39 is 0 Å². The zero-order valence-corrected chi connectivity index (χ0v) is 12.1. The second-order valence-corrected chi connectivity index (χ2v) is 5.67. The Bertz CT molecular complexity index is 478. The van der Waals surface area contributed by atoms with Crippen molar-refractivity contribution in [2.24, 2.45) is 0 Å². The average molecular weight is 281 g/mol. The van der Waals surface area contributed by atoms with Gasteiger partial charge in [-0.05, 0) is 12.5 Å². The summed E-state index contributed by atoms with van der Waals surface area (Å²) >= 11 is 1.49. The maximum absolute atomic E-state index is 12.5. The van der Waals surface area contributed by atoms with Gasteiger partial charge in [0.2, 0.25) is 5.91 Å². The number of rotatable bonds is 3. The van der Waals surface area contributed by atoms with Crippen LogP contribution in [0.15, 0.2) is 6.07 Å². The first kappa shape index (κ1) is 14.0. The first-order valence-corrected chi connectivity index (χ1v) is 7.33. The largest absolute Gasteiger partial charge is 0.336 e. The number of hydrogen-bond acceptors (Lipinski definition) is 4. The van der Waals surface area contributed by atoms with Crippen molar-refractivity contribution >= 4 is 28.2 Å². The van der Waals surface area contributed by atoms with Crippen molar-refractivity contribution in [2.45, 2.75) is 20.3 Å². The van der Waals surface area contributed by atoms with Gasteiger partial charge in [0, 0.05) is 38.0 Å². The Morgan fingerprint density at radius 2 is 2.11 bits per heavy atom. The molecule has 19 heavy (non-hydrogen) atoms. The molecule has 2 N–H and O–H groups in total. The van der Waals surface area contributed by atoms with Crippen LogP contribution >= 0.6 is 11.3 Å². The highest BCUT2D eigenvalue weighted by molar-refractivity contribution is 7.16. The minimum absolute atomic E-state index is 0.0150. The van der Waals surface area contributed by atoms with Crippen molar-refractivity contribution in [3.05, 3.63) is 16.5 Å². The molecule has 1 aromatic rings. The molecular formula is C13H19N3O2S. The number of amides is 2. The minimum atomic E-state index is -0.140. The Hall–Kier alpha value is -1.40. The van der Waals surface area contributed by atoms with E-state index >= 15 is 0 Å². The Balaban J connectivity index is 2.23. The van der Waals surface area contributed by atoms with Crippen LogP contribution in [-0.4, -0.2) is 42.9 Å². The van der Waals surface area contributed by atoms with Gasteiger partial charge < -0.3 is 15.5 Å². The maximum Gasteiger partial charge on any atom is 0.256 e. The molecule has 0 spiro atoms. The zero-order chi connectivity index (χ0) is 13.8. The predicted molar refractivity (Wildman–Crippen MR) is 76.8 cm³/mol. The van der Waals surface area contributed by atoms with Crippen molar-refractivity contribution in [1.82, 2.24) is 10.2 Å². The van der Waals surface area contributed by atoms with Crippen LogP contribution in [0.1, 0.15) is 29.1 Å². The third-order valence-corrected chi connectivity index (χ3v) is 4.25. The number of thiophene rings is 1. The van der Waals surface area contributed by atoms with E-state index in [1.54, 1.807) is 0 Å². The van der Waals surface area contributed by atoms with Crippen LogP contribution in [0.25, 0.3) is 0 Å². The molecule has 104 valence electrons. The quantitative estimate of drug-likeness (QED) is 0.878. The molecule has 0 aliphatic carbocycles. The lowest BCUT2D eigenvalue weighted by molar-refractivity contribution is -0.114. The number of nitrogens with zero attached hydrogens (tertiary/aromatic N) is 1. The predicted octanol–water partition coefficient (Wildman–Crippen LogP) is 1.31. The van der Waals surface area contributed by atoms with E-state index in [4.69, 9.17) is 0 Å². The molecule has 0 unspecified atom stereocenters. The average Bonchev–Trinajstić information content (AvgIpc) is 2.81. The Morgan fingerprint density at radius 3 is 2.68 bits per heavy atom. The molecule has 1 aromatic heterocycles. The molecule has 0 atom stereocenters. The second-order valence-electron chi connectivity index (χ2n) is 4.53. The summed E-state index contributed by atoms with van der Waals surface area (Å²) < 4.78 is 0. The first-order valence-electron chi connectivity index (χ1n) is 6.52. The van der Waals surface area contributed by atoms with Crippen molar-refractivity contribution in [1.29, 1.82) is 0 Å². The SMILES string of the molecule is CCc1cc(C(=O)N2CCNCC2)c(NC(C)=O)s1. The molecule has 0 radical (unpaired) electrons. The van der Waals surface area contributed by atoms with E-state index in [1.165, 1.54) is 18.3 Å². The summed E-state index contributed by atoms with van der Waals surface area (Å²) in [5.74, 6) is -0.125. The maximum atomic E-state index is 12.5. The van der Waals surface area contributed by atoms with Gasteiger partial charge in [-0.3, -0.25) is 9.59 Å². The highest BCUT2D eigenvalue weighted by Gasteiger charge is 2.23. The molecule has 5 nitrogen and oxygen atoms in total. The van der Waals surface area contributed by atoms with Gasteiger partial charge in [-0.2, -0.15) is 0 Å². The van der Waals surface area contributed by atoms with Gasteiger partial charge in [-0.1, -0.05) is 6.92 Å². The van der Waals surface area contributed by atoms with E-state index in [-0.39, 0.29) is 11.8 Å². The van der Waals surface area contributed by atoms with Crippen LogP contribution in [0.3, 0.4) is 0 Å². The van der Waals surface area contributed by atoms with Crippen LogP contribution in [0.2, 0.25) is 0 Å². The topological polar surface area (TPSA) is 61.4 Å². The van der Waals surface area contributed by atoms with Gasteiger partial charge in [0.15, 0.2) is 0 Å². The van der Waals surface area contributed by atoms with Crippen LogP contribution in [-0.2, 0) is 11.2 Å². The van der Waals surface area contributed by atoms with Gasteiger partial charge in [-0.15, -0.1) is 11.3 Å². The zero-order valence-electron chi connectivity index (χ0n) is 11.3. The van der Waals surface area contributed by atoms with E-state index in [2.05, 4.69) is 10.6 Å². The molecule has 0 saturated carbocycles. The summed E-state index contributed by atoms with van der Waals surface area (Å²) in [5.41, 5.74) is 0.624. The van der Waals surface area contributed by atoms with E-state index in [0.29, 0.717) is 10.6 Å². The number of piperazine rings is 1. The van der Waals surface area contributed by atoms with E-state index in [9.17, 15) is 9.59 Å². The molecule has 2 heterocycles. The number of nitrogens with one attached hydrogen (secondary N) is 2. The fourth-order valence-electron chi connectivity index (χ4n) is 2.07. The first-order chi connectivity index (χ1) is 9.11. The second kappa shape index (κ2) is 6.16. The van der Waals surface area contributed by atoms with Crippen molar-refractivity contribution in [3.8, 4) is 0 Å². The summed E-state index contributed by atoms with van der Waals surface area (Å²) in [5, 5.41) is 6.66. The number of aryl methyl sites for hydroxylation is 1. The lowest BCUT2D eigenvalue weighted by Crippen LogP contribution is -2.46. The summed E-state index contributed by atoms with van der Waals surface area (Å²) in [6, 6.07) is 1.90. The molecule has 2 amide bonds.